The van der Waals surface area contributed by atoms with Gasteiger partial charge in [-0.15, -0.1) is 0 Å². The quantitative estimate of drug-likeness (QED) is 0.800. The monoisotopic (exact) mass is 261 g/mol. The number of hydrogen-bond donors (Lipinski definition) is 1. The van der Waals surface area contributed by atoms with Gasteiger partial charge in [0.1, 0.15) is 0 Å². The number of carboxylic acids is 1. The van der Waals surface area contributed by atoms with E-state index in [1.54, 1.807) is 0 Å². The maximum Gasteiger partial charge on any atom is 0.303 e. The average Bonchev–Trinajstić information content (AvgIpc) is 2.42. The number of nitrogens with zero attached hydrogens (tertiary/aromatic N) is 1. The summed E-state index contributed by atoms with van der Waals surface area (Å²) in [5, 5.41) is 8.62. The third-order valence-corrected chi connectivity index (χ3v) is 4.10. The summed E-state index contributed by atoms with van der Waals surface area (Å²) in [6.07, 6.45) is 5.56. The fourth-order valence-corrected chi connectivity index (χ4v) is 2.87. The Morgan fingerprint density at radius 2 is 2.05 bits per heavy atom. The van der Waals surface area contributed by atoms with Crippen LogP contribution in [0.1, 0.15) is 36.8 Å². The summed E-state index contributed by atoms with van der Waals surface area (Å²) in [5.41, 5.74) is 2.98. The highest BCUT2D eigenvalue weighted by Gasteiger charge is 2.21. The van der Waals surface area contributed by atoms with Gasteiger partial charge in [0.2, 0.25) is 0 Å². The molecule has 2 rings (SSSR count). The van der Waals surface area contributed by atoms with Gasteiger partial charge < -0.3 is 10.0 Å². The molecule has 0 saturated carbocycles. The van der Waals surface area contributed by atoms with Gasteiger partial charge in [-0.3, -0.25) is 4.79 Å². The fraction of sp³-hybridized carbons (Fsp3) is 0.562. The molecular weight excluding hydrogens is 238 g/mol. The average molecular weight is 261 g/mol. The molecule has 1 unspecified atom stereocenters. The summed E-state index contributed by atoms with van der Waals surface area (Å²) in [4.78, 5) is 12.9. The minimum Gasteiger partial charge on any atom is -0.481 e. The van der Waals surface area contributed by atoms with Gasteiger partial charge in [-0.2, -0.15) is 0 Å². The first-order valence-electron chi connectivity index (χ1n) is 7.15. The lowest BCUT2D eigenvalue weighted by Gasteiger charge is -2.32. The van der Waals surface area contributed by atoms with Crippen molar-refractivity contribution in [1.82, 2.24) is 4.90 Å². The highest BCUT2D eigenvalue weighted by Crippen LogP contribution is 2.23. The molecule has 1 aliphatic rings. The molecule has 0 amide bonds. The number of fused-ring (bicyclic) bond motifs is 1. The highest BCUT2D eigenvalue weighted by molar-refractivity contribution is 5.66. The first-order chi connectivity index (χ1) is 9.16. The number of likely N-dealkylation sites (N-methyl/N-ethyl adjacent to an activating group) is 1. The molecule has 0 bridgehead atoms. The van der Waals surface area contributed by atoms with E-state index in [0.717, 1.165) is 25.8 Å². The Hall–Kier alpha value is -1.35. The standard InChI is InChI=1S/C16H23NO2/c1-17(11-5-4-8-16(18)19)15-10-9-13-6-2-3-7-14(13)12-15/h2-3,6-7,15H,4-5,8-12H2,1H3,(H,18,19). The lowest BCUT2D eigenvalue weighted by Crippen LogP contribution is -2.37. The molecule has 1 atom stereocenters. The predicted octanol–water partition coefficient (Wildman–Crippen LogP) is 2.73. The van der Waals surface area contributed by atoms with Crippen LogP contribution < -0.4 is 0 Å². The van der Waals surface area contributed by atoms with Crippen molar-refractivity contribution >= 4 is 5.97 Å². The molecule has 1 aliphatic carbocycles. The number of benzene rings is 1. The number of carboxylic acid groups (broad SMARTS) is 1. The van der Waals surface area contributed by atoms with Crippen LogP contribution in [0.5, 0.6) is 0 Å². The molecule has 1 N–H and O–H groups in total. The summed E-state index contributed by atoms with van der Waals surface area (Å²) in [5.74, 6) is -0.686. The Balaban J connectivity index is 1.78. The van der Waals surface area contributed by atoms with Crippen molar-refractivity contribution in [2.24, 2.45) is 0 Å². The van der Waals surface area contributed by atoms with Gasteiger partial charge in [-0.1, -0.05) is 24.3 Å². The molecule has 1 aromatic carbocycles. The molecule has 0 fully saturated rings. The summed E-state index contributed by atoms with van der Waals surface area (Å²) in [6, 6.07) is 9.32. The van der Waals surface area contributed by atoms with Gasteiger partial charge in [0.05, 0.1) is 0 Å². The predicted molar refractivity (Wildman–Crippen MR) is 76.4 cm³/mol. The van der Waals surface area contributed by atoms with Crippen LogP contribution in [0.3, 0.4) is 0 Å². The van der Waals surface area contributed by atoms with Crippen LogP contribution in [0.4, 0.5) is 0 Å². The normalized spacial score (nSPS) is 18.3. The first kappa shape index (κ1) is 14.1. The van der Waals surface area contributed by atoms with Crippen LogP contribution in [0.25, 0.3) is 0 Å². The van der Waals surface area contributed by atoms with Gasteiger partial charge in [-0.05, 0) is 56.8 Å². The van der Waals surface area contributed by atoms with E-state index in [1.165, 1.54) is 24.0 Å². The van der Waals surface area contributed by atoms with E-state index in [-0.39, 0.29) is 0 Å². The van der Waals surface area contributed by atoms with Crippen molar-refractivity contribution in [3.05, 3.63) is 35.4 Å². The Morgan fingerprint density at radius 3 is 2.79 bits per heavy atom. The molecule has 3 heteroatoms. The largest absolute Gasteiger partial charge is 0.481 e. The van der Waals surface area contributed by atoms with E-state index in [2.05, 4.69) is 36.2 Å². The van der Waals surface area contributed by atoms with Gasteiger partial charge in [0, 0.05) is 12.5 Å². The summed E-state index contributed by atoms with van der Waals surface area (Å²) < 4.78 is 0. The first-order valence-corrected chi connectivity index (χ1v) is 7.15. The Labute approximate surface area is 115 Å². The molecule has 1 aromatic rings. The van der Waals surface area contributed by atoms with Crippen LogP contribution in [-0.4, -0.2) is 35.6 Å². The number of carbonyl (C=O) groups is 1. The van der Waals surface area contributed by atoms with Crippen molar-refractivity contribution in [1.29, 1.82) is 0 Å². The molecule has 0 aromatic heterocycles. The minimum atomic E-state index is -0.686. The van der Waals surface area contributed by atoms with Gasteiger partial charge in [0.25, 0.3) is 0 Å². The Kier molecular flexibility index (Phi) is 4.97. The van der Waals surface area contributed by atoms with Gasteiger partial charge >= 0.3 is 5.97 Å². The number of aryl methyl sites for hydroxylation is 1. The highest BCUT2D eigenvalue weighted by atomic mass is 16.4. The van der Waals surface area contributed by atoms with E-state index in [1.807, 2.05) is 0 Å². The SMILES string of the molecule is CN(CCCCC(=O)O)C1CCc2ccccc2C1. The third kappa shape index (κ3) is 4.06. The maximum atomic E-state index is 10.5. The summed E-state index contributed by atoms with van der Waals surface area (Å²) in [6.45, 7) is 1.00. The van der Waals surface area contributed by atoms with E-state index in [9.17, 15) is 4.79 Å². The van der Waals surface area contributed by atoms with Crippen LogP contribution in [0.15, 0.2) is 24.3 Å². The van der Waals surface area contributed by atoms with E-state index in [0.29, 0.717) is 12.5 Å². The third-order valence-electron chi connectivity index (χ3n) is 4.10. The number of unbranched alkanes of at least 4 members (excludes halogenated alkanes) is 1. The summed E-state index contributed by atoms with van der Waals surface area (Å²) >= 11 is 0. The van der Waals surface area contributed by atoms with Crippen LogP contribution >= 0.6 is 0 Å². The molecule has 0 aliphatic heterocycles. The second-order valence-corrected chi connectivity index (χ2v) is 5.50. The molecule has 0 spiro atoms. The van der Waals surface area contributed by atoms with E-state index < -0.39 is 5.97 Å². The Morgan fingerprint density at radius 1 is 1.32 bits per heavy atom. The Bertz CT molecular complexity index is 431. The lowest BCUT2D eigenvalue weighted by atomic mass is 9.87. The van der Waals surface area contributed by atoms with Crippen LogP contribution in [0.2, 0.25) is 0 Å². The maximum absolute atomic E-state index is 10.5. The zero-order chi connectivity index (χ0) is 13.7. The van der Waals surface area contributed by atoms with Crippen molar-refractivity contribution in [3.63, 3.8) is 0 Å². The van der Waals surface area contributed by atoms with Crippen LogP contribution in [0, 0.1) is 0 Å². The topological polar surface area (TPSA) is 40.5 Å². The fourth-order valence-electron chi connectivity index (χ4n) is 2.87. The van der Waals surface area contributed by atoms with Crippen molar-refractivity contribution in [2.45, 2.75) is 44.6 Å². The summed E-state index contributed by atoms with van der Waals surface area (Å²) in [7, 11) is 2.17. The zero-order valence-corrected chi connectivity index (χ0v) is 11.6. The molecule has 19 heavy (non-hydrogen) atoms. The molecule has 0 radical (unpaired) electrons. The smallest absolute Gasteiger partial charge is 0.303 e. The molecule has 0 saturated heterocycles. The van der Waals surface area contributed by atoms with E-state index >= 15 is 0 Å². The van der Waals surface area contributed by atoms with Crippen molar-refractivity contribution in [3.8, 4) is 0 Å². The second kappa shape index (κ2) is 6.71. The number of hydrogen-bond acceptors (Lipinski definition) is 2. The number of rotatable bonds is 6. The van der Waals surface area contributed by atoms with Crippen LogP contribution in [-0.2, 0) is 17.6 Å². The lowest BCUT2D eigenvalue weighted by molar-refractivity contribution is -0.137. The van der Waals surface area contributed by atoms with Crippen molar-refractivity contribution in [2.75, 3.05) is 13.6 Å². The molecule has 104 valence electrons. The number of aliphatic carboxylic acids is 1. The van der Waals surface area contributed by atoms with Crippen molar-refractivity contribution < 1.29 is 9.90 Å². The van der Waals surface area contributed by atoms with Gasteiger partial charge in [0.15, 0.2) is 0 Å². The second-order valence-electron chi connectivity index (χ2n) is 5.50. The zero-order valence-electron chi connectivity index (χ0n) is 11.6. The van der Waals surface area contributed by atoms with Gasteiger partial charge in [-0.25, -0.2) is 0 Å². The van der Waals surface area contributed by atoms with E-state index in [4.69, 9.17) is 5.11 Å². The minimum absolute atomic E-state index is 0.293. The molecule has 0 heterocycles. The molecular formula is C16H23NO2. The molecule has 3 nitrogen and oxygen atoms in total.